The van der Waals surface area contributed by atoms with Crippen molar-refractivity contribution in [2.75, 3.05) is 11.9 Å². The highest BCUT2D eigenvalue weighted by atomic mass is 32.2. The third-order valence-electron chi connectivity index (χ3n) is 4.47. The number of carbonyl (C=O) groups excluding carboxylic acids is 2. The summed E-state index contributed by atoms with van der Waals surface area (Å²) in [5.74, 6) is -0.245. The van der Waals surface area contributed by atoms with Crippen molar-refractivity contribution in [3.05, 3.63) is 72.6 Å². The second-order valence-corrected chi connectivity index (χ2v) is 7.77. The van der Waals surface area contributed by atoms with Gasteiger partial charge in [-0.2, -0.15) is 5.10 Å². The standard InChI is InChI=1S/C21H20N4O2S/c26-20(12-19-21(27)24-17-8-4-5-9-18(17)28-19)22-11-10-15-13-23-25(14-15)16-6-2-1-3-7-16/h1-9,13-14,19H,10-12H2,(H,22,26)(H,24,27). The Morgan fingerprint density at radius 3 is 2.79 bits per heavy atom. The van der Waals surface area contributed by atoms with E-state index >= 15 is 0 Å². The number of hydrogen-bond donors (Lipinski definition) is 2. The lowest BCUT2D eigenvalue weighted by Crippen LogP contribution is -2.35. The third kappa shape index (κ3) is 4.26. The van der Waals surface area contributed by atoms with Crippen LogP contribution in [0.1, 0.15) is 12.0 Å². The summed E-state index contributed by atoms with van der Waals surface area (Å²) >= 11 is 1.44. The van der Waals surface area contributed by atoms with E-state index in [0.717, 1.165) is 21.8 Å². The smallest absolute Gasteiger partial charge is 0.238 e. The highest BCUT2D eigenvalue weighted by molar-refractivity contribution is 8.01. The van der Waals surface area contributed by atoms with Gasteiger partial charge in [-0.15, -0.1) is 11.8 Å². The van der Waals surface area contributed by atoms with Gasteiger partial charge in [-0.1, -0.05) is 30.3 Å². The molecule has 0 spiro atoms. The van der Waals surface area contributed by atoms with E-state index in [4.69, 9.17) is 0 Å². The second kappa shape index (κ2) is 8.31. The molecule has 2 heterocycles. The fourth-order valence-corrected chi connectivity index (χ4v) is 4.14. The summed E-state index contributed by atoms with van der Waals surface area (Å²) in [5, 5.41) is 9.72. The van der Waals surface area contributed by atoms with E-state index in [-0.39, 0.29) is 18.2 Å². The van der Waals surface area contributed by atoms with Crippen LogP contribution in [-0.4, -0.2) is 33.4 Å². The molecule has 0 saturated heterocycles. The summed E-state index contributed by atoms with van der Waals surface area (Å²) in [7, 11) is 0. The summed E-state index contributed by atoms with van der Waals surface area (Å²) in [6.45, 7) is 0.509. The quantitative estimate of drug-likeness (QED) is 0.676. The molecule has 142 valence electrons. The van der Waals surface area contributed by atoms with Gasteiger partial charge in [-0.05, 0) is 36.2 Å². The van der Waals surface area contributed by atoms with E-state index in [2.05, 4.69) is 15.7 Å². The Kier molecular flexibility index (Phi) is 5.43. The first-order chi connectivity index (χ1) is 13.7. The minimum Gasteiger partial charge on any atom is -0.356 e. The van der Waals surface area contributed by atoms with Crippen molar-refractivity contribution >= 4 is 29.3 Å². The first kappa shape index (κ1) is 18.3. The molecule has 6 nitrogen and oxygen atoms in total. The molecule has 0 fully saturated rings. The Bertz CT molecular complexity index is 987. The first-order valence-corrected chi connectivity index (χ1v) is 9.99. The molecule has 1 unspecified atom stereocenters. The zero-order chi connectivity index (χ0) is 19.3. The van der Waals surface area contributed by atoms with Gasteiger partial charge in [0.25, 0.3) is 0 Å². The number of thioether (sulfide) groups is 1. The van der Waals surface area contributed by atoms with Crippen molar-refractivity contribution in [3.63, 3.8) is 0 Å². The lowest BCUT2D eigenvalue weighted by molar-refractivity contribution is -0.124. The SMILES string of the molecule is O=C(CC1Sc2ccccc2NC1=O)NCCc1cnn(-c2ccccc2)c1. The van der Waals surface area contributed by atoms with Gasteiger partial charge in [-0.25, -0.2) is 4.68 Å². The lowest BCUT2D eigenvalue weighted by Gasteiger charge is -2.23. The lowest BCUT2D eigenvalue weighted by atomic mass is 10.2. The van der Waals surface area contributed by atoms with Gasteiger partial charge >= 0.3 is 0 Å². The summed E-state index contributed by atoms with van der Waals surface area (Å²) in [6, 6.07) is 17.5. The maximum Gasteiger partial charge on any atom is 0.238 e. The fraction of sp³-hybridized carbons (Fsp3) is 0.190. The van der Waals surface area contributed by atoms with Gasteiger partial charge in [0, 0.05) is 24.1 Å². The molecule has 2 amide bonds. The molecule has 0 bridgehead atoms. The third-order valence-corrected chi connectivity index (χ3v) is 5.75. The average molecular weight is 392 g/mol. The maximum atomic E-state index is 12.3. The monoisotopic (exact) mass is 392 g/mol. The molecule has 7 heteroatoms. The molecule has 4 rings (SSSR count). The number of nitrogens with zero attached hydrogens (tertiary/aromatic N) is 2. The van der Waals surface area contributed by atoms with E-state index in [0.29, 0.717) is 13.0 Å². The van der Waals surface area contributed by atoms with Crippen LogP contribution in [0.2, 0.25) is 0 Å². The predicted octanol–water partition coefficient (Wildman–Crippen LogP) is 3.03. The van der Waals surface area contributed by atoms with Gasteiger partial charge in [0.2, 0.25) is 11.8 Å². The number of nitrogens with one attached hydrogen (secondary N) is 2. The number of amides is 2. The first-order valence-electron chi connectivity index (χ1n) is 9.11. The highest BCUT2D eigenvalue weighted by Crippen LogP contribution is 2.36. The molecule has 3 aromatic rings. The molecule has 1 aliphatic heterocycles. The molecule has 2 N–H and O–H groups in total. The number of anilines is 1. The zero-order valence-corrected chi connectivity index (χ0v) is 16.0. The molecule has 1 aliphatic rings. The molecule has 2 aromatic carbocycles. The molecule has 1 atom stereocenters. The van der Waals surface area contributed by atoms with Crippen LogP contribution in [0.15, 0.2) is 71.9 Å². The number of rotatable bonds is 6. The Hall–Kier alpha value is -3.06. The van der Waals surface area contributed by atoms with Gasteiger partial charge in [0.1, 0.15) is 0 Å². The Balaban J connectivity index is 1.26. The van der Waals surface area contributed by atoms with Crippen LogP contribution in [0.5, 0.6) is 0 Å². The number of para-hydroxylation sites is 2. The van der Waals surface area contributed by atoms with Crippen LogP contribution >= 0.6 is 11.8 Å². The van der Waals surface area contributed by atoms with Gasteiger partial charge in [0.05, 0.1) is 22.8 Å². The van der Waals surface area contributed by atoms with Crippen molar-refractivity contribution in [1.82, 2.24) is 15.1 Å². The average Bonchev–Trinajstić information content (AvgIpc) is 3.18. The van der Waals surface area contributed by atoms with Gasteiger partial charge < -0.3 is 10.6 Å². The summed E-state index contributed by atoms with van der Waals surface area (Å²) < 4.78 is 1.82. The number of carbonyl (C=O) groups is 2. The Labute approximate surface area is 167 Å². The van der Waals surface area contributed by atoms with Crippen LogP contribution < -0.4 is 10.6 Å². The fourth-order valence-electron chi connectivity index (χ4n) is 3.02. The topological polar surface area (TPSA) is 76.0 Å². The van der Waals surface area contributed by atoms with Crippen molar-refractivity contribution in [3.8, 4) is 5.69 Å². The Morgan fingerprint density at radius 1 is 1.14 bits per heavy atom. The highest BCUT2D eigenvalue weighted by Gasteiger charge is 2.28. The number of aromatic nitrogens is 2. The summed E-state index contributed by atoms with van der Waals surface area (Å²) in [5.41, 5.74) is 2.85. The number of benzene rings is 2. The molecule has 0 aliphatic carbocycles. The molecular formula is C21H20N4O2S. The second-order valence-electron chi connectivity index (χ2n) is 6.52. The largest absolute Gasteiger partial charge is 0.356 e. The normalized spacial score (nSPS) is 15.6. The zero-order valence-electron chi connectivity index (χ0n) is 15.2. The van der Waals surface area contributed by atoms with Gasteiger partial charge in [-0.3, -0.25) is 9.59 Å². The van der Waals surface area contributed by atoms with E-state index in [9.17, 15) is 9.59 Å². The van der Waals surface area contributed by atoms with Crippen LogP contribution in [0.25, 0.3) is 5.69 Å². The minimum atomic E-state index is -0.407. The van der Waals surface area contributed by atoms with E-state index in [1.165, 1.54) is 11.8 Å². The predicted molar refractivity (Wildman–Crippen MR) is 110 cm³/mol. The van der Waals surface area contributed by atoms with E-state index in [1.807, 2.05) is 65.5 Å². The van der Waals surface area contributed by atoms with Crippen LogP contribution in [0, 0.1) is 0 Å². The van der Waals surface area contributed by atoms with Crippen molar-refractivity contribution in [2.45, 2.75) is 23.0 Å². The summed E-state index contributed by atoms with van der Waals surface area (Å²) in [4.78, 5) is 25.5. The van der Waals surface area contributed by atoms with Crippen molar-refractivity contribution < 1.29 is 9.59 Å². The maximum absolute atomic E-state index is 12.3. The molecule has 1 aromatic heterocycles. The molecule has 28 heavy (non-hydrogen) atoms. The van der Waals surface area contributed by atoms with Crippen LogP contribution in [0.3, 0.4) is 0 Å². The van der Waals surface area contributed by atoms with Crippen molar-refractivity contribution in [2.24, 2.45) is 0 Å². The molecule has 0 saturated carbocycles. The van der Waals surface area contributed by atoms with Crippen LogP contribution in [-0.2, 0) is 16.0 Å². The van der Waals surface area contributed by atoms with E-state index < -0.39 is 5.25 Å². The number of fused-ring (bicyclic) bond motifs is 1. The van der Waals surface area contributed by atoms with Crippen molar-refractivity contribution in [1.29, 1.82) is 0 Å². The summed E-state index contributed by atoms with van der Waals surface area (Å²) in [6.07, 6.45) is 4.61. The number of hydrogen-bond acceptors (Lipinski definition) is 4. The molecule has 0 radical (unpaired) electrons. The Morgan fingerprint density at radius 2 is 1.93 bits per heavy atom. The molecular weight excluding hydrogens is 372 g/mol. The minimum absolute atomic E-state index is 0.122. The van der Waals surface area contributed by atoms with Gasteiger partial charge in [0.15, 0.2) is 0 Å². The van der Waals surface area contributed by atoms with E-state index in [1.54, 1.807) is 6.20 Å². The van der Waals surface area contributed by atoms with Crippen LogP contribution in [0.4, 0.5) is 5.69 Å².